The van der Waals surface area contributed by atoms with Gasteiger partial charge in [0, 0.05) is 5.54 Å². The number of benzene rings is 1. The van der Waals surface area contributed by atoms with Gasteiger partial charge in [0.1, 0.15) is 0 Å². The van der Waals surface area contributed by atoms with Crippen molar-refractivity contribution in [2.75, 3.05) is 0 Å². The van der Waals surface area contributed by atoms with Gasteiger partial charge in [-0.15, -0.1) is 0 Å². The molecule has 0 aliphatic rings. The van der Waals surface area contributed by atoms with E-state index in [1.807, 2.05) is 0 Å². The zero-order valence-electron chi connectivity index (χ0n) is 10.4. The number of hydrogen-bond donors (Lipinski definition) is 1. The molecule has 0 aliphatic heterocycles. The second-order valence-electron chi connectivity index (χ2n) is 4.84. The van der Waals surface area contributed by atoms with Gasteiger partial charge in [-0.2, -0.15) is 0 Å². The molecule has 1 unspecified atom stereocenters. The monoisotopic (exact) mass is 205 g/mol. The van der Waals surface area contributed by atoms with E-state index >= 15 is 0 Å². The highest BCUT2D eigenvalue weighted by Gasteiger charge is 2.27. The van der Waals surface area contributed by atoms with E-state index in [0.29, 0.717) is 5.92 Å². The van der Waals surface area contributed by atoms with Gasteiger partial charge in [0.25, 0.3) is 0 Å². The molecule has 0 heterocycles. The largest absolute Gasteiger partial charge is 0.325 e. The van der Waals surface area contributed by atoms with Crippen molar-refractivity contribution in [3.05, 3.63) is 35.4 Å². The van der Waals surface area contributed by atoms with Gasteiger partial charge < -0.3 is 5.73 Å². The van der Waals surface area contributed by atoms with Crippen molar-refractivity contribution < 1.29 is 0 Å². The Morgan fingerprint density at radius 2 is 1.87 bits per heavy atom. The fourth-order valence-corrected chi connectivity index (χ4v) is 1.90. The molecule has 0 saturated heterocycles. The third-order valence-corrected chi connectivity index (χ3v) is 3.59. The topological polar surface area (TPSA) is 26.0 Å². The minimum Gasteiger partial charge on any atom is -0.325 e. The van der Waals surface area contributed by atoms with Crippen LogP contribution in [0.25, 0.3) is 0 Å². The molecule has 0 aliphatic carbocycles. The van der Waals surface area contributed by atoms with Crippen LogP contribution in [-0.4, -0.2) is 5.54 Å². The summed E-state index contributed by atoms with van der Waals surface area (Å²) in [6.45, 7) is 8.76. The quantitative estimate of drug-likeness (QED) is 0.802. The van der Waals surface area contributed by atoms with Gasteiger partial charge in [-0.25, -0.2) is 0 Å². The first-order valence-electron chi connectivity index (χ1n) is 5.83. The van der Waals surface area contributed by atoms with E-state index in [-0.39, 0.29) is 5.54 Å². The van der Waals surface area contributed by atoms with Crippen LogP contribution in [0.3, 0.4) is 0 Å². The summed E-state index contributed by atoms with van der Waals surface area (Å²) >= 11 is 0. The average molecular weight is 205 g/mol. The summed E-state index contributed by atoms with van der Waals surface area (Å²) < 4.78 is 0. The molecule has 1 aromatic rings. The minimum absolute atomic E-state index is 0.0634. The highest BCUT2D eigenvalue weighted by molar-refractivity contribution is 5.27. The summed E-state index contributed by atoms with van der Waals surface area (Å²) in [5.41, 5.74) is 9.11. The first-order valence-corrected chi connectivity index (χ1v) is 5.83. The van der Waals surface area contributed by atoms with Crippen LogP contribution in [0.2, 0.25) is 0 Å². The maximum atomic E-state index is 6.44. The highest BCUT2D eigenvalue weighted by atomic mass is 14.7. The fourth-order valence-electron chi connectivity index (χ4n) is 1.90. The molecule has 15 heavy (non-hydrogen) atoms. The third-order valence-electron chi connectivity index (χ3n) is 3.59. The van der Waals surface area contributed by atoms with E-state index in [4.69, 9.17) is 5.73 Å². The van der Waals surface area contributed by atoms with Gasteiger partial charge in [-0.3, -0.25) is 0 Å². The second-order valence-corrected chi connectivity index (χ2v) is 4.84. The number of hydrogen-bond acceptors (Lipinski definition) is 1. The van der Waals surface area contributed by atoms with Gasteiger partial charge in [0.15, 0.2) is 0 Å². The summed E-state index contributed by atoms with van der Waals surface area (Å²) in [5, 5.41) is 0. The van der Waals surface area contributed by atoms with E-state index in [1.54, 1.807) is 0 Å². The Labute approximate surface area is 93.7 Å². The van der Waals surface area contributed by atoms with Crippen molar-refractivity contribution in [2.24, 2.45) is 11.7 Å². The summed E-state index contributed by atoms with van der Waals surface area (Å²) in [5.74, 6) is 0.516. The molecule has 1 rings (SSSR count). The molecule has 1 atom stereocenters. The standard InChI is InChI=1S/C14H23N/c1-5-14(15,11(2)3)10-13-9-7-6-8-12(13)4/h6-9,11H,5,10,15H2,1-4H3. The minimum atomic E-state index is -0.0634. The number of rotatable bonds is 4. The summed E-state index contributed by atoms with van der Waals surface area (Å²) in [6.07, 6.45) is 2.01. The Morgan fingerprint density at radius 3 is 2.33 bits per heavy atom. The van der Waals surface area contributed by atoms with Crippen LogP contribution >= 0.6 is 0 Å². The maximum Gasteiger partial charge on any atom is 0.0215 e. The Kier molecular flexibility index (Phi) is 3.92. The van der Waals surface area contributed by atoms with Crippen LogP contribution in [0.1, 0.15) is 38.3 Å². The smallest absolute Gasteiger partial charge is 0.0215 e. The van der Waals surface area contributed by atoms with E-state index in [0.717, 1.165) is 12.8 Å². The Morgan fingerprint density at radius 1 is 1.27 bits per heavy atom. The Balaban J connectivity index is 2.89. The van der Waals surface area contributed by atoms with Crippen LogP contribution in [0.15, 0.2) is 24.3 Å². The van der Waals surface area contributed by atoms with Gasteiger partial charge in [-0.1, -0.05) is 45.0 Å². The lowest BCUT2D eigenvalue weighted by atomic mass is 9.79. The van der Waals surface area contributed by atoms with E-state index in [9.17, 15) is 0 Å². The van der Waals surface area contributed by atoms with Crippen LogP contribution < -0.4 is 5.73 Å². The lowest BCUT2D eigenvalue weighted by Crippen LogP contribution is -2.46. The van der Waals surface area contributed by atoms with Crippen molar-refractivity contribution in [2.45, 2.75) is 46.1 Å². The second kappa shape index (κ2) is 4.80. The molecule has 2 N–H and O–H groups in total. The molecule has 84 valence electrons. The fraction of sp³-hybridized carbons (Fsp3) is 0.571. The van der Waals surface area contributed by atoms with Crippen LogP contribution in [0.5, 0.6) is 0 Å². The summed E-state index contributed by atoms with van der Waals surface area (Å²) in [6, 6.07) is 8.53. The Bertz CT molecular complexity index is 317. The van der Waals surface area contributed by atoms with Crippen molar-refractivity contribution in [1.82, 2.24) is 0 Å². The summed E-state index contributed by atoms with van der Waals surface area (Å²) in [7, 11) is 0. The number of aryl methyl sites for hydroxylation is 1. The molecular formula is C14H23N. The molecule has 1 heteroatoms. The maximum absolute atomic E-state index is 6.44. The van der Waals surface area contributed by atoms with Crippen molar-refractivity contribution >= 4 is 0 Å². The molecule has 0 radical (unpaired) electrons. The predicted octanol–water partition coefficient (Wildman–Crippen LogP) is 3.30. The van der Waals surface area contributed by atoms with E-state index < -0.39 is 0 Å². The highest BCUT2D eigenvalue weighted by Crippen LogP contribution is 2.24. The van der Waals surface area contributed by atoms with Gasteiger partial charge in [-0.05, 0) is 36.8 Å². The van der Waals surface area contributed by atoms with Crippen LogP contribution in [-0.2, 0) is 6.42 Å². The van der Waals surface area contributed by atoms with Crippen LogP contribution in [0, 0.1) is 12.8 Å². The zero-order chi connectivity index (χ0) is 11.5. The van der Waals surface area contributed by atoms with Gasteiger partial charge >= 0.3 is 0 Å². The molecule has 0 spiro atoms. The van der Waals surface area contributed by atoms with Gasteiger partial charge in [0.05, 0.1) is 0 Å². The normalized spacial score (nSPS) is 15.3. The van der Waals surface area contributed by atoms with Crippen molar-refractivity contribution in [1.29, 1.82) is 0 Å². The molecule has 0 saturated carbocycles. The van der Waals surface area contributed by atoms with Crippen molar-refractivity contribution in [3.63, 3.8) is 0 Å². The average Bonchev–Trinajstić information content (AvgIpc) is 2.21. The Hall–Kier alpha value is -0.820. The first kappa shape index (κ1) is 12.3. The molecule has 0 fully saturated rings. The molecule has 0 aromatic heterocycles. The van der Waals surface area contributed by atoms with Crippen LogP contribution in [0.4, 0.5) is 0 Å². The molecule has 0 bridgehead atoms. The third kappa shape index (κ3) is 2.82. The predicted molar refractivity (Wildman–Crippen MR) is 66.9 cm³/mol. The lowest BCUT2D eigenvalue weighted by molar-refractivity contribution is 0.296. The van der Waals surface area contributed by atoms with E-state index in [2.05, 4.69) is 52.0 Å². The van der Waals surface area contributed by atoms with Crippen molar-refractivity contribution in [3.8, 4) is 0 Å². The van der Waals surface area contributed by atoms with E-state index in [1.165, 1.54) is 11.1 Å². The zero-order valence-corrected chi connectivity index (χ0v) is 10.4. The first-order chi connectivity index (χ1) is 6.99. The summed E-state index contributed by atoms with van der Waals surface area (Å²) in [4.78, 5) is 0. The number of nitrogens with two attached hydrogens (primary N) is 1. The van der Waals surface area contributed by atoms with Gasteiger partial charge in [0.2, 0.25) is 0 Å². The molecule has 1 nitrogen and oxygen atoms in total. The molecular weight excluding hydrogens is 182 g/mol. The molecule has 1 aromatic carbocycles. The SMILES string of the molecule is CCC(N)(Cc1ccccc1C)C(C)C. The molecule has 0 amide bonds. The lowest BCUT2D eigenvalue weighted by Gasteiger charge is -2.33.